The molecule has 0 amide bonds. The molecule has 0 saturated heterocycles. The number of para-hydroxylation sites is 4. The summed E-state index contributed by atoms with van der Waals surface area (Å²) in [6.45, 7) is 0. The van der Waals surface area contributed by atoms with Gasteiger partial charge in [0.1, 0.15) is 0 Å². The Hall–Kier alpha value is -13.9. The maximum absolute atomic E-state index is 2.47. The highest BCUT2D eigenvalue weighted by atomic mass is 15.2. The first-order chi connectivity index (χ1) is 51.5. The fraction of sp³-hybridized carbons (Fsp3) is 0. The zero-order valence-corrected chi connectivity index (χ0v) is 56.9. The summed E-state index contributed by atoms with van der Waals surface area (Å²) in [5.41, 5.74) is 21.7. The van der Waals surface area contributed by atoms with E-state index in [1.807, 2.05) is 0 Å². The van der Waals surface area contributed by atoms with Gasteiger partial charge in [-0.15, -0.1) is 0 Å². The van der Waals surface area contributed by atoms with E-state index in [4.69, 9.17) is 0 Å². The highest BCUT2D eigenvalue weighted by Crippen LogP contribution is 2.46. The van der Waals surface area contributed by atoms with Crippen molar-refractivity contribution in [1.29, 1.82) is 0 Å². The van der Waals surface area contributed by atoms with Crippen LogP contribution in [0.2, 0.25) is 0 Å². The molecule has 0 bridgehead atoms. The molecular weight excluding hydrogens is 1260 g/mol. The Morgan fingerprint density at radius 2 is 0.365 bits per heavy atom. The Morgan fingerprint density at radius 3 is 0.663 bits per heavy atom. The third kappa shape index (κ3) is 11.4. The van der Waals surface area contributed by atoms with Crippen LogP contribution in [0.15, 0.2) is 413 Å². The molecule has 0 atom stereocenters. The molecule has 2 heterocycles. The monoisotopic (exact) mass is 1330 g/mol. The molecular formula is C98H68N6. The van der Waals surface area contributed by atoms with E-state index in [1.54, 1.807) is 0 Å². The van der Waals surface area contributed by atoms with Crippen LogP contribution in [0.4, 0.5) is 68.2 Å². The van der Waals surface area contributed by atoms with Crippen molar-refractivity contribution in [3.8, 4) is 33.9 Å². The van der Waals surface area contributed by atoms with Gasteiger partial charge in [-0.3, -0.25) is 0 Å². The summed E-state index contributed by atoms with van der Waals surface area (Å²) in [4.78, 5) is 9.39. The van der Waals surface area contributed by atoms with Crippen molar-refractivity contribution in [2.45, 2.75) is 0 Å². The lowest BCUT2D eigenvalue weighted by atomic mass is 10.0. The third-order valence-electron chi connectivity index (χ3n) is 20.3. The van der Waals surface area contributed by atoms with Crippen molar-refractivity contribution < 1.29 is 0 Å². The normalized spacial score (nSPS) is 11.5. The lowest BCUT2D eigenvalue weighted by Crippen LogP contribution is -2.12. The van der Waals surface area contributed by atoms with Gasteiger partial charge in [-0.05, 0) is 260 Å². The first kappa shape index (κ1) is 61.2. The molecule has 0 fully saturated rings. The fourth-order valence-corrected chi connectivity index (χ4v) is 15.3. The minimum atomic E-state index is 1.04. The molecule has 19 aromatic rings. The molecule has 0 aliphatic heterocycles. The second kappa shape index (κ2) is 26.3. The van der Waals surface area contributed by atoms with Crippen LogP contribution < -0.4 is 19.6 Å². The fourth-order valence-electron chi connectivity index (χ4n) is 15.3. The van der Waals surface area contributed by atoms with E-state index >= 15 is 0 Å². The molecule has 0 radical (unpaired) electrons. The highest BCUT2D eigenvalue weighted by molar-refractivity contribution is 6.04. The molecule has 490 valence electrons. The van der Waals surface area contributed by atoms with Crippen molar-refractivity contribution >= 4 is 133 Å². The first-order valence-electron chi connectivity index (χ1n) is 35.5. The predicted octanol–water partition coefficient (Wildman–Crippen LogP) is 27.4. The molecule has 17 aromatic carbocycles. The number of rotatable bonds is 16. The van der Waals surface area contributed by atoms with Crippen LogP contribution in [0.1, 0.15) is 0 Å². The van der Waals surface area contributed by atoms with E-state index in [0.29, 0.717) is 0 Å². The number of benzene rings is 17. The molecule has 0 aliphatic carbocycles. The van der Waals surface area contributed by atoms with E-state index < -0.39 is 0 Å². The van der Waals surface area contributed by atoms with Crippen molar-refractivity contribution in [3.63, 3.8) is 0 Å². The number of fused-ring (bicyclic) bond motifs is 6. The average Bonchev–Trinajstić information content (AvgIpc) is 1.57. The average molecular weight is 1330 g/mol. The van der Waals surface area contributed by atoms with Gasteiger partial charge >= 0.3 is 0 Å². The van der Waals surface area contributed by atoms with Crippen molar-refractivity contribution in [2.75, 3.05) is 19.6 Å². The Balaban J connectivity index is 0.749. The second-order valence-corrected chi connectivity index (χ2v) is 26.6. The van der Waals surface area contributed by atoms with E-state index in [0.717, 1.165) is 124 Å². The molecule has 104 heavy (non-hydrogen) atoms. The standard InChI is InChI=1S/C98H68N6/c1-5-29-81(30-6-1)99(82-31-7-2-8-32-82)85-45-49-87(50-46-85)101(93-43-41-71-23-15-19-27-75(71)63-93)89-53-57-91(58-54-89)103-95(77-39-37-69-21-13-17-25-73(69)61-77)65-79-68-98-80(67-97(79)103)66-96(78-40-38-70-22-14-18-26-74(70)62-78)104(98)92-59-55-90(56-60-92)102(94-44-42-72-24-16-20-28-76(72)64-94)88-51-47-86(48-52-88)100(83-33-9-3-10-34-83)84-35-11-4-12-36-84/h1-68H. The Bertz CT molecular complexity index is 5860. The zero-order chi connectivity index (χ0) is 68.9. The molecule has 0 N–H and O–H groups in total. The van der Waals surface area contributed by atoms with Gasteiger partial charge in [0.25, 0.3) is 0 Å². The molecule has 0 spiro atoms. The quantitative estimate of drug-likeness (QED) is 0.0962. The van der Waals surface area contributed by atoms with Gasteiger partial charge in [0.2, 0.25) is 0 Å². The van der Waals surface area contributed by atoms with Crippen molar-refractivity contribution in [1.82, 2.24) is 9.13 Å². The van der Waals surface area contributed by atoms with Crippen LogP contribution in [0, 0.1) is 0 Å². The minimum Gasteiger partial charge on any atom is -0.311 e. The van der Waals surface area contributed by atoms with Crippen molar-refractivity contribution in [3.05, 3.63) is 413 Å². The summed E-state index contributed by atoms with van der Waals surface area (Å²) in [7, 11) is 0. The SMILES string of the molecule is c1ccc(N(c2ccccc2)c2ccc(N(c3ccc(-n4c(-c5ccc6ccccc6c5)cc5cc6c(cc(-c7ccc8ccccc8c7)n6-c6ccc(N(c7ccc(N(c8ccccc8)c8ccccc8)cc7)c7ccc8ccccc8c7)cc6)cc54)cc3)c3ccc4ccccc4c3)cc2)cc1. The van der Waals surface area contributed by atoms with Crippen LogP contribution in [0.3, 0.4) is 0 Å². The molecule has 6 heteroatoms. The van der Waals surface area contributed by atoms with E-state index in [2.05, 4.69) is 441 Å². The Labute approximate surface area is 604 Å². The number of aromatic nitrogens is 2. The van der Waals surface area contributed by atoms with Gasteiger partial charge in [0.15, 0.2) is 0 Å². The first-order valence-corrected chi connectivity index (χ1v) is 35.5. The van der Waals surface area contributed by atoms with Gasteiger partial charge in [0.05, 0.1) is 22.4 Å². The smallest absolute Gasteiger partial charge is 0.0542 e. The summed E-state index contributed by atoms with van der Waals surface area (Å²) in [5, 5.41) is 11.8. The second-order valence-electron chi connectivity index (χ2n) is 26.6. The topological polar surface area (TPSA) is 22.8 Å². The van der Waals surface area contributed by atoms with Gasteiger partial charge in [-0.1, -0.05) is 206 Å². The summed E-state index contributed by atoms with van der Waals surface area (Å²) in [5.74, 6) is 0. The lowest BCUT2D eigenvalue weighted by Gasteiger charge is -2.28. The van der Waals surface area contributed by atoms with Gasteiger partial charge in [0, 0.05) is 90.4 Å². The maximum atomic E-state index is 2.47. The number of hydrogen-bond donors (Lipinski definition) is 0. The van der Waals surface area contributed by atoms with Gasteiger partial charge in [-0.2, -0.15) is 0 Å². The number of hydrogen-bond acceptors (Lipinski definition) is 4. The van der Waals surface area contributed by atoms with Crippen LogP contribution in [-0.4, -0.2) is 9.13 Å². The Kier molecular flexibility index (Phi) is 15.5. The third-order valence-corrected chi connectivity index (χ3v) is 20.3. The van der Waals surface area contributed by atoms with E-state index in [9.17, 15) is 0 Å². The maximum Gasteiger partial charge on any atom is 0.0542 e. The van der Waals surface area contributed by atoms with Crippen LogP contribution in [0.5, 0.6) is 0 Å². The van der Waals surface area contributed by atoms with Gasteiger partial charge in [-0.25, -0.2) is 0 Å². The molecule has 0 aliphatic rings. The summed E-state index contributed by atoms with van der Waals surface area (Å²) >= 11 is 0. The number of nitrogens with zero attached hydrogens (tertiary/aromatic N) is 6. The highest BCUT2D eigenvalue weighted by Gasteiger charge is 2.24. The van der Waals surface area contributed by atoms with Crippen LogP contribution >= 0.6 is 0 Å². The van der Waals surface area contributed by atoms with E-state index in [-0.39, 0.29) is 0 Å². The predicted molar refractivity (Wildman–Crippen MR) is 440 cm³/mol. The molecule has 2 aromatic heterocycles. The van der Waals surface area contributed by atoms with Gasteiger partial charge < -0.3 is 28.7 Å². The van der Waals surface area contributed by atoms with E-state index in [1.165, 1.54) is 43.1 Å². The lowest BCUT2D eigenvalue weighted by molar-refractivity contribution is 1.13. The molecule has 19 rings (SSSR count). The Morgan fingerprint density at radius 1 is 0.144 bits per heavy atom. The minimum absolute atomic E-state index is 1.04. The zero-order valence-electron chi connectivity index (χ0n) is 56.9. The molecule has 0 unspecified atom stereocenters. The number of anilines is 12. The molecule has 0 saturated carbocycles. The van der Waals surface area contributed by atoms with Crippen molar-refractivity contribution in [2.24, 2.45) is 0 Å². The largest absolute Gasteiger partial charge is 0.311 e. The summed E-state index contributed by atoms with van der Waals surface area (Å²) in [6, 6.07) is 150. The van der Waals surface area contributed by atoms with Crippen LogP contribution in [0.25, 0.3) is 98.8 Å². The van der Waals surface area contributed by atoms with Crippen LogP contribution in [-0.2, 0) is 0 Å². The summed E-state index contributed by atoms with van der Waals surface area (Å²) < 4.78 is 4.94. The molecule has 6 nitrogen and oxygen atoms in total. The summed E-state index contributed by atoms with van der Waals surface area (Å²) in [6.07, 6.45) is 0.